The highest BCUT2D eigenvalue weighted by atomic mass is 16.2. The number of carbonyl (C=O) groups excluding carboxylic acids is 2. The summed E-state index contributed by atoms with van der Waals surface area (Å²) in [6.07, 6.45) is 8.36. The van der Waals surface area contributed by atoms with Crippen LogP contribution in [0.4, 0.5) is 0 Å². The average Bonchev–Trinajstić information content (AvgIpc) is 2.92. The number of hydrogen-bond acceptors (Lipinski definition) is 2. The highest BCUT2D eigenvalue weighted by Gasteiger charge is 2.55. The average molecular weight is 381 g/mol. The van der Waals surface area contributed by atoms with Gasteiger partial charge in [-0.25, -0.2) is 0 Å². The molecule has 0 atom stereocenters. The van der Waals surface area contributed by atoms with E-state index in [0.29, 0.717) is 19.0 Å². The third kappa shape index (κ3) is 3.15. The number of benzene rings is 1. The van der Waals surface area contributed by atoms with Gasteiger partial charge in [-0.1, -0.05) is 17.7 Å². The highest BCUT2D eigenvalue weighted by molar-refractivity contribution is 5.94. The van der Waals surface area contributed by atoms with Crippen LogP contribution in [0.3, 0.4) is 0 Å². The van der Waals surface area contributed by atoms with E-state index in [0.717, 1.165) is 62.1 Å². The smallest absolute Gasteiger partial charge is 0.253 e. The van der Waals surface area contributed by atoms with Crippen LogP contribution in [0.1, 0.15) is 60.9 Å². The summed E-state index contributed by atoms with van der Waals surface area (Å²) < 4.78 is 0. The maximum Gasteiger partial charge on any atom is 0.253 e. The molecule has 0 radical (unpaired) electrons. The molecule has 5 fully saturated rings. The maximum absolute atomic E-state index is 13.6. The van der Waals surface area contributed by atoms with Crippen molar-refractivity contribution in [3.63, 3.8) is 0 Å². The first-order valence-corrected chi connectivity index (χ1v) is 11.2. The number of carbonyl (C=O) groups is 2. The van der Waals surface area contributed by atoms with Gasteiger partial charge in [-0.15, -0.1) is 0 Å². The molecular weight excluding hydrogens is 348 g/mol. The van der Waals surface area contributed by atoms with E-state index in [4.69, 9.17) is 0 Å². The van der Waals surface area contributed by atoms with Crippen LogP contribution >= 0.6 is 0 Å². The van der Waals surface area contributed by atoms with Gasteiger partial charge in [0.2, 0.25) is 5.91 Å². The molecule has 4 saturated carbocycles. The summed E-state index contributed by atoms with van der Waals surface area (Å²) in [6.45, 7) is 4.94. The molecule has 0 N–H and O–H groups in total. The Bertz CT molecular complexity index is 734. The molecule has 1 aromatic carbocycles. The monoisotopic (exact) mass is 380 g/mol. The van der Waals surface area contributed by atoms with Crippen LogP contribution < -0.4 is 0 Å². The molecule has 28 heavy (non-hydrogen) atoms. The minimum Gasteiger partial charge on any atom is -0.340 e. The number of nitrogens with zero attached hydrogens (tertiary/aromatic N) is 2. The molecule has 1 saturated heterocycles. The molecule has 4 bridgehead atoms. The van der Waals surface area contributed by atoms with Gasteiger partial charge in [-0.05, 0) is 81.8 Å². The Hall–Kier alpha value is -1.84. The molecule has 4 aliphatic carbocycles. The second-order valence-corrected chi connectivity index (χ2v) is 10.0. The standard InChI is InChI=1S/C24H32N2O2/c1-17-3-5-21(6-4-17)22(27)25-7-2-8-26(10-9-25)23(28)24-14-18-11-19(15-24)13-20(12-18)16-24/h3-6,18-20H,2,7-16H2,1H3. The Morgan fingerprint density at radius 1 is 0.821 bits per heavy atom. The lowest BCUT2D eigenvalue weighted by Crippen LogP contribution is -2.55. The normalized spacial score (nSPS) is 34.4. The Morgan fingerprint density at radius 3 is 1.96 bits per heavy atom. The molecule has 4 heteroatoms. The van der Waals surface area contributed by atoms with Crippen molar-refractivity contribution in [1.82, 2.24) is 9.80 Å². The molecule has 0 spiro atoms. The van der Waals surface area contributed by atoms with Gasteiger partial charge in [0, 0.05) is 31.7 Å². The van der Waals surface area contributed by atoms with E-state index < -0.39 is 0 Å². The van der Waals surface area contributed by atoms with Gasteiger partial charge in [0.1, 0.15) is 0 Å². The number of rotatable bonds is 2. The molecule has 1 heterocycles. The summed E-state index contributed by atoms with van der Waals surface area (Å²) in [5.74, 6) is 2.89. The zero-order valence-electron chi connectivity index (χ0n) is 17.0. The quantitative estimate of drug-likeness (QED) is 0.781. The Balaban J connectivity index is 1.26. The van der Waals surface area contributed by atoms with Crippen molar-refractivity contribution in [3.05, 3.63) is 35.4 Å². The second-order valence-electron chi connectivity index (χ2n) is 10.0. The molecule has 4 nitrogen and oxygen atoms in total. The molecule has 0 aromatic heterocycles. The van der Waals surface area contributed by atoms with Crippen molar-refractivity contribution in [2.45, 2.75) is 51.9 Å². The maximum atomic E-state index is 13.6. The summed E-state index contributed by atoms with van der Waals surface area (Å²) in [4.78, 5) is 30.5. The van der Waals surface area contributed by atoms with Crippen LogP contribution in [-0.4, -0.2) is 47.8 Å². The van der Waals surface area contributed by atoms with E-state index in [1.807, 2.05) is 36.1 Å². The summed E-state index contributed by atoms with van der Waals surface area (Å²) in [5, 5.41) is 0. The van der Waals surface area contributed by atoms with Gasteiger partial charge in [-0.2, -0.15) is 0 Å². The first-order chi connectivity index (χ1) is 13.5. The van der Waals surface area contributed by atoms with E-state index >= 15 is 0 Å². The SMILES string of the molecule is Cc1ccc(C(=O)N2CCCN(C(=O)C34CC5CC(CC(C5)C3)C4)CC2)cc1. The first-order valence-electron chi connectivity index (χ1n) is 11.2. The molecule has 5 aliphatic rings. The van der Waals surface area contributed by atoms with E-state index in [1.54, 1.807) is 0 Å². The van der Waals surface area contributed by atoms with Gasteiger partial charge in [0.15, 0.2) is 0 Å². The molecule has 6 rings (SSSR count). The third-order valence-electron chi connectivity index (χ3n) is 7.86. The van der Waals surface area contributed by atoms with E-state index in [9.17, 15) is 9.59 Å². The molecule has 2 amide bonds. The molecule has 0 unspecified atom stereocenters. The van der Waals surface area contributed by atoms with Gasteiger partial charge >= 0.3 is 0 Å². The number of aryl methyl sites for hydroxylation is 1. The lowest BCUT2D eigenvalue weighted by Gasteiger charge is -2.56. The van der Waals surface area contributed by atoms with Gasteiger partial charge < -0.3 is 9.80 Å². The first kappa shape index (κ1) is 18.2. The van der Waals surface area contributed by atoms with E-state index in [2.05, 4.69) is 4.90 Å². The van der Waals surface area contributed by atoms with Crippen LogP contribution in [0.15, 0.2) is 24.3 Å². The predicted octanol–water partition coefficient (Wildman–Crippen LogP) is 3.89. The van der Waals surface area contributed by atoms with Crippen LogP contribution in [0, 0.1) is 30.1 Å². The Labute approximate surface area is 168 Å². The van der Waals surface area contributed by atoms with Crippen molar-refractivity contribution < 1.29 is 9.59 Å². The number of amides is 2. The van der Waals surface area contributed by atoms with E-state index in [-0.39, 0.29) is 11.3 Å². The molecule has 1 aromatic rings. The van der Waals surface area contributed by atoms with Gasteiger partial charge in [0.05, 0.1) is 5.41 Å². The van der Waals surface area contributed by atoms with E-state index in [1.165, 1.54) is 24.8 Å². The fourth-order valence-electron chi connectivity index (χ4n) is 6.91. The van der Waals surface area contributed by atoms with Crippen LogP contribution in [0.5, 0.6) is 0 Å². The van der Waals surface area contributed by atoms with Crippen molar-refractivity contribution in [2.75, 3.05) is 26.2 Å². The van der Waals surface area contributed by atoms with Gasteiger partial charge in [0.25, 0.3) is 5.91 Å². The van der Waals surface area contributed by atoms with Crippen molar-refractivity contribution >= 4 is 11.8 Å². The number of hydrogen-bond donors (Lipinski definition) is 0. The second kappa shape index (κ2) is 6.89. The third-order valence-corrected chi connectivity index (χ3v) is 7.86. The lowest BCUT2D eigenvalue weighted by molar-refractivity contribution is -0.157. The fraction of sp³-hybridized carbons (Fsp3) is 0.667. The Kier molecular flexibility index (Phi) is 4.48. The van der Waals surface area contributed by atoms with Crippen molar-refractivity contribution in [1.29, 1.82) is 0 Å². The van der Waals surface area contributed by atoms with Gasteiger partial charge in [-0.3, -0.25) is 9.59 Å². The zero-order valence-corrected chi connectivity index (χ0v) is 17.0. The molecular formula is C24H32N2O2. The van der Waals surface area contributed by atoms with Crippen LogP contribution in [0.2, 0.25) is 0 Å². The summed E-state index contributed by atoms with van der Waals surface area (Å²) in [5.41, 5.74) is 1.86. The minimum atomic E-state index is -0.0646. The zero-order chi connectivity index (χ0) is 19.3. The summed E-state index contributed by atoms with van der Waals surface area (Å²) in [6, 6.07) is 7.82. The minimum absolute atomic E-state index is 0.0646. The predicted molar refractivity (Wildman–Crippen MR) is 109 cm³/mol. The van der Waals surface area contributed by atoms with Crippen molar-refractivity contribution in [2.24, 2.45) is 23.2 Å². The molecule has 1 aliphatic heterocycles. The topological polar surface area (TPSA) is 40.6 Å². The summed E-state index contributed by atoms with van der Waals surface area (Å²) in [7, 11) is 0. The largest absolute Gasteiger partial charge is 0.340 e. The summed E-state index contributed by atoms with van der Waals surface area (Å²) >= 11 is 0. The van der Waals surface area contributed by atoms with Crippen molar-refractivity contribution in [3.8, 4) is 0 Å². The van der Waals surface area contributed by atoms with Crippen LogP contribution in [0.25, 0.3) is 0 Å². The molecule has 150 valence electrons. The lowest BCUT2D eigenvalue weighted by atomic mass is 9.49. The van der Waals surface area contributed by atoms with Crippen LogP contribution in [-0.2, 0) is 4.79 Å². The highest BCUT2D eigenvalue weighted by Crippen LogP contribution is 2.60. The Morgan fingerprint density at radius 2 is 1.36 bits per heavy atom. The fourth-order valence-corrected chi connectivity index (χ4v) is 6.91.